The Balaban J connectivity index is 1.83. The van der Waals surface area contributed by atoms with Crippen molar-refractivity contribution in [3.63, 3.8) is 0 Å². The van der Waals surface area contributed by atoms with Gasteiger partial charge in [0.05, 0.1) is 0 Å². The second-order valence-electron chi connectivity index (χ2n) is 4.60. The standard InChI is InChI=1S/C16H17NO/c1-2-4-15(5-3-1)18-16-7-6-13-8-10-17-11-9-14(13)12-16/h1-7,12,17H,8-11H2. The van der Waals surface area contributed by atoms with Gasteiger partial charge in [0, 0.05) is 0 Å². The van der Waals surface area contributed by atoms with Crippen molar-refractivity contribution < 1.29 is 4.74 Å². The molecule has 0 radical (unpaired) electrons. The first-order valence-electron chi connectivity index (χ1n) is 6.47. The summed E-state index contributed by atoms with van der Waals surface area (Å²) in [5.41, 5.74) is 2.86. The smallest absolute Gasteiger partial charge is 0.127 e. The van der Waals surface area contributed by atoms with Gasteiger partial charge in [0.25, 0.3) is 0 Å². The van der Waals surface area contributed by atoms with Crippen LogP contribution in [0.2, 0.25) is 0 Å². The van der Waals surface area contributed by atoms with Crippen molar-refractivity contribution in [3.05, 3.63) is 59.7 Å². The van der Waals surface area contributed by atoms with Crippen LogP contribution in [0.25, 0.3) is 0 Å². The van der Waals surface area contributed by atoms with Gasteiger partial charge in [-0.15, -0.1) is 0 Å². The molecule has 2 heteroatoms. The van der Waals surface area contributed by atoms with Crippen LogP contribution in [0.15, 0.2) is 48.5 Å². The van der Waals surface area contributed by atoms with Crippen molar-refractivity contribution in [2.45, 2.75) is 12.8 Å². The number of para-hydroxylation sites is 1. The summed E-state index contributed by atoms with van der Waals surface area (Å²) >= 11 is 0. The van der Waals surface area contributed by atoms with Gasteiger partial charge in [-0.1, -0.05) is 24.3 Å². The summed E-state index contributed by atoms with van der Waals surface area (Å²) in [7, 11) is 0. The van der Waals surface area contributed by atoms with E-state index in [1.54, 1.807) is 0 Å². The van der Waals surface area contributed by atoms with Gasteiger partial charge in [0.1, 0.15) is 11.5 Å². The highest BCUT2D eigenvalue weighted by Crippen LogP contribution is 2.25. The molecular weight excluding hydrogens is 222 g/mol. The first-order chi connectivity index (χ1) is 8.92. The van der Waals surface area contributed by atoms with Crippen molar-refractivity contribution in [1.29, 1.82) is 0 Å². The maximum atomic E-state index is 5.86. The molecule has 1 aliphatic rings. The van der Waals surface area contributed by atoms with E-state index in [-0.39, 0.29) is 0 Å². The van der Waals surface area contributed by atoms with E-state index in [4.69, 9.17) is 4.74 Å². The fourth-order valence-corrected chi connectivity index (χ4v) is 2.34. The maximum Gasteiger partial charge on any atom is 0.127 e. The van der Waals surface area contributed by atoms with Crippen molar-refractivity contribution in [2.75, 3.05) is 13.1 Å². The average Bonchev–Trinajstić information content (AvgIpc) is 2.64. The molecule has 0 bridgehead atoms. The summed E-state index contributed by atoms with van der Waals surface area (Å²) in [5, 5.41) is 3.42. The molecule has 2 nitrogen and oxygen atoms in total. The predicted molar refractivity (Wildman–Crippen MR) is 73.2 cm³/mol. The average molecular weight is 239 g/mol. The predicted octanol–water partition coefficient (Wildman–Crippen LogP) is 3.17. The number of rotatable bonds is 2. The lowest BCUT2D eigenvalue weighted by Crippen LogP contribution is -2.16. The van der Waals surface area contributed by atoms with Crippen LogP contribution in [0.3, 0.4) is 0 Å². The van der Waals surface area contributed by atoms with Gasteiger partial charge in [-0.3, -0.25) is 0 Å². The lowest BCUT2D eigenvalue weighted by Gasteiger charge is -2.09. The third kappa shape index (κ3) is 2.54. The highest BCUT2D eigenvalue weighted by atomic mass is 16.5. The molecule has 0 aliphatic carbocycles. The van der Waals surface area contributed by atoms with E-state index in [2.05, 4.69) is 23.5 Å². The van der Waals surface area contributed by atoms with Crippen LogP contribution in [0.1, 0.15) is 11.1 Å². The summed E-state index contributed by atoms with van der Waals surface area (Å²) in [6, 6.07) is 16.4. The third-order valence-corrected chi connectivity index (χ3v) is 3.30. The minimum absolute atomic E-state index is 0.893. The molecule has 2 aromatic rings. The van der Waals surface area contributed by atoms with E-state index in [1.165, 1.54) is 11.1 Å². The SMILES string of the molecule is c1ccc(Oc2ccc3c(c2)CCNCC3)cc1. The molecule has 3 rings (SSSR count). The molecule has 0 spiro atoms. The van der Waals surface area contributed by atoms with E-state index < -0.39 is 0 Å². The molecule has 0 saturated heterocycles. The molecule has 1 aliphatic heterocycles. The quantitative estimate of drug-likeness (QED) is 0.869. The summed E-state index contributed by atoms with van der Waals surface area (Å²) in [6.45, 7) is 2.13. The second-order valence-corrected chi connectivity index (χ2v) is 4.60. The number of fused-ring (bicyclic) bond motifs is 1. The Labute approximate surface area is 108 Å². The van der Waals surface area contributed by atoms with Crippen molar-refractivity contribution in [3.8, 4) is 11.5 Å². The Morgan fingerprint density at radius 3 is 2.39 bits per heavy atom. The van der Waals surface area contributed by atoms with E-state index in [1.807, 2.05) is 30.3 Å². The molecule has 0 saturated carbocycles. The molecular formula is C16H17NO. The van der Waals surface area contributed by atoms with Gasteiger partial charge >= 0.3 is 0 Å². The highest BCUT2D eigenvalue weighted by molar-refractivity contribution is 5.39. The second kappa shape index (κ2) is 5.23. The molecule has 0 unspecified atom stereocenters. The van der Waals surface area contributed by atoms with Gasteiger partial charge in [-0.2, -0.15) is 0 Å². The van der Waals surface area contributed by atoms with Gasteiger partial charge < -0.3 is 10.1 Å². The monoisotopic (exact) mass is 239 g/mol. The molecule has 0 amide bonds. The first kappa shape index (κ1) is 11.3. The third-order valence-electron chi connectivity index (χ3n) is 3.30. The molecule has 1 N–H and O–H groups in total. The Morgan fingerprint density at radius 2 is 1.56 bits per heavy atom. The number of hydrogen-bond donors (Lipinski definition) is 1. The fraction of sp³-hybridized carbons (Fsp3) is 0.250. The lowest BCUT2D eigenvalue weighted by atomic mass is 10.0. The highest BCUT2D eigenvalue weighted by Gasteiger charge is 2.08. The molecule has 1 heterocycles. The molecule has 0 fully saturated rings. The van der Waals surface area contributed by atoms with Crippen LogP contribution in [-0.4, -0.2) is 13.1 Å². The van der Waals surface area contributed by atoms with Gasteiger partial charge in [0.15, 0.2) is 0 Å². The number of benzene rings is 2. The zero-order valence-electron chi connectivity index (χ0n) is 10.4. The Hall–Kier alpha value is -1.80. The van der Waals surface area contributed by atoms with E-state index in [0.717, 1.165) is 37.4 Å². The summed E-state index contributed by atoms with van der Waals surface area (Å²) in [5.74, 6) is 1.83. The Morgan fingerprint density at radius 1 is 0.778 bits per heavy atom. The topological polar surface area (TPSA) is 21.3 Å². The largest absolute Gasteiger partial charge is 0.457 e. The minimum Gasteiger partial charge on any atom is -0.457 e. The normalized spacial score (nSPS) is 14.7. The minimum atomic E-state index is 0.893. The summed E-state index contributed by atoms with van der Waals surface area (Å²) in [6.07, 6.45) is 2.20. The van der Waals surface area contributed by atoms with Crippen LogP contribution in [0.4, 0.5) is 0 Å². The Kier molecular flexibility index (Phi) is 3.29. The fourth-order valence-electron chi connectivity index (χ4n) is 2.34. The number of nitrogens with one attached hydrogen (secondary N) is 1. The maximum absolute atomic E-state index is 5.86. The molecule has 2 aromatic carbocycles. The van der Waals surface area contributed by atoms with Crippen LogP contribution < -0.4 is 10.1 Å². The van der Waals surface area contributed by atoms with Gasteiger partial charge in [-0.05, 0) is 61.3 Å². The molecule has 92 valence electrons. The number of ether oxygens (including phenoxy) is 1. The Bertz CT molecular complexity index is 522. The van der Waals surface area contributed by atoms with Gasteiger partial charge in [-0.25, -0.2) is 0 Å². The van der Waals surface area contributed by atoms with Crippen LogP contribution in [0.5, 0.6) is 11.5 Å². The van der Waals surface area contributed by atoms with Crippen molar-refractivity contribution >= 4 is 0 Å². The summed E-state index contributed by atoms with van der Waals surface area (Å²) < 4.78 is 5.86. The van der Waals surface area contributed by atoms with E-state index >= 15 is 0 Å². The molecule has 0 aromatic heterocycles. The van der Waals surface area contributed by atoms with E-state index in [9.17, 15) is 0 Å². The van der Waals surface area contributed by atoms with Gasteiger partial charge in [0.2, 0.25) is 0 Å². The van der Waals surface area contributed by atoms with Crippen molar-refractivity contribution in [2.24, 2.45) is 0 Å². The zero-order valence-corrected chi connectivity index (χ0v) is 10.4. The molecule has 0 atom stereocenters. The number of hydrogen-bond acceptors (Lipinski definition) is 2. The lowest BCUT2D eigenvalue weighted by molar-refractivity contribution is 0.482. The van der Waals surface area contributed by atoms with Crippen LogP contribution in [0, 0.1) is 0 Å². The first-order valence-corrected chi connectivity index (χ1v) is 6.47. The summed E-state index contributed by atoms with van der Waals surface area (Å²) in [4.78, 5) is 0. The van der Waals surface area contributed by atoms with Crippen LogP contribution >= 0.6 is 0 Å². The van der Waals surface area contributed by atoms with Crippen LogP contribution in [-0.2, 0) is 12.8 Å². The molecule has 18 heavy (non-hydrogen) atoms. The van der Waals surface area contributed by atoms with Crippen molar-refractivity contribution in [1.82, 2.24) is 5.32 Å². The van der Waals surface area contributed by atoms with E-state index in [0.29, 0.717) is 0 Å². The zero-order chi connectivity index (χ0) is 12.2.